The smallest absolute Gasteiger partial charge is 0.416 e. The Bertz CT molecular complexity index is 808. The molecule has 0 spiro atoms. The first-order valence-electron chi connectivity index (χ1n) is 8.37. The topological polar surface area (TPSA) is 76.7 Å². The number of alkyl halides is 3. The molecule has 2 aromatic rings. The van der Waals surface area contributed by atoms with Crippen molar-refractivity contribution in [1.29, 1.82) is 0 Å². The predicted molar refractivity (Wildman–Crippen MR) is 96.2 cm³/mol. The molecule has 0 aliphatic heterocycles. The Labute approximate surface area is 159 Å². The number of benzene rings is 2. The van der Waals surface area contributed by atoms with E-state index >= 15 is 0 Å². The molecule has 0 saturated carbocycles. The Hall–Kier alpha value is -3.23. The maximum Gasteiger partial charge on any atom is 0.416 e. The molecule has 0 aromatic heterocycles. The second-order valence-electron chi connectivity index (χ2n) is 5.60. The van der Waals surface area contributed by atoms with E-state index in [0.29, 0.717) is 18.0 Å². The molecule has 28 heavy (non-hydrogen) atoms. The lowest BCUT2D eigenvalue weighted by atomic mass is 10.2. The van der Waals surface area contributed by atoms with Crippen LogP contribution in [-0.4, -0.2) is 31.6 Å². The van der Waals surface area contributed by atoms with E-state index in [0.717, 1.165) is 12.1 Å². The molecule has 9 heteroatoms. The van der Waals surface area contributed by atoms with Gasteiger partial charge in [-0.3, -0.25) is 9.59 Å². The van der Waals surface area contributed by atoms with Crippen LogP contribution in [0.3, 0.4) is 0 Å². The molecule has 2 aromatic carbocycles. The van der Waals surface area contributed by atoms with Gasteiger partial charge in [0, 0.05) is 5.69 Å². The normalized spacial score (nSPS) is 10.9. The van der Waals surface area contributed by atoms with Crippen molar-refractivity contribution in [3.63, 3.8) is 0 Å². The lowest BCUT2D eigenvalue weighted by molar-refractivity contribution is -0.137. The molecule has 150 valence electrons. The van der Waals surface area contributed by atoms with E-state index in [1.807, 2.05) is 6.92 Å². The number of halogens is 3. The largest absolute Gasteiger partial charge is 0.494 e. The maximum atomic E-state index is 12.6. The van der Waals surface area contributed by atoms with Crippen molar-refractivity contribution in [1.82, 2.24) is 5.32 Å². The van der Waals surface area contributed by atoms with Crippen LogP contribution in [0.4, 0.5) is 18.9 Å². The zero-order valence-electron chi connectivity index (χ0n) is 15.0. The predicted octanol–water partition coefficient (Wildman–Crippen LogP) is 3.24. The third-order valence-electron chi connectivity index (χ3n) is 3.43. The van der Waals surface area contributed by atoms with Crippen LogP contribution in [0.15, 0.2) is 48.5 Å². The molecule has 0 saturated heterocycles. The van der Waals surface area contributed by atoms with Crippen LogP contribution in [0.2, 0.25) is 0 Å². The molecule has 0 fully saturated rings. The van der Waals surface area contributed by atoms with Crippen LogP contribution in [0.1, 0.15) is 12.5 Å². The number of ether oxygens (including phenoxy) is 2. The lowest BCUT2D eigenvalue weighted by Gasteiger charge is -2.11. The summed E-state index contributed by atoms with van der Waals surface area (Å²) in [6, 6.07) is 10.9. The van der Waals surface area contributed by atoms with Gasteiger partial charge in [-0.1, -0.05) is 6.07 Å². The number of anilines is 1. The second-order valence-corrected chi connectivity index (χ2v) is 5.60. The molecule has 0 bridgehead atoms. The van der Waals surface area contributed by atoms with Crippen molar-refractivity contribution in [3.8, 4) is 11.5 Å². The zero-order valence-corrected chi connectivity index (χ0v) is 15.0. The van der Waals surface area contributed by atoms with Gasteiger partial charge < -0.3 is 20.1 Å². The van der Waals surface area contributed by atoms with Crippen molar-refractivity contribution in [2.24, 2.45) is 0 Å². The summed E-state index contributed by atoms with van der Waals surface area (Å²) in [6.45, 7) is 1.56. The summed E-state index contributed by atoms with van der Waals surface area (Å²) in [5.41, 5.74) is -0.344. The summed E-state index contributed by atoms with van der Waals surface area (Å²) in [4.78, 5) is 23.6. The van der Waals surface area contributed by atoms with E-state index in [2.05, 4.69) is 10.6 Å². The van der Waals surface area contributed by atoms with Gasteiger partial charge in [-0.25, -0.2) is 0 Å². The summed E-state index contributed by atoms with van der Waals surface area (Å²) in [6.07, 6.45) is -4.50. The fraction of sp³-hybridized carbons (Fsp3) is 0.263. The highest BCUT2D eigenvalue weighted by Crippen LogP contribution is 2.31. The van der Waals surface area contributed by atoms with Gasteiger partial charge >= 0.3 is 6.18 Å². The number of hydrogen-bond donors (Lipinski definition) is 2. The van der Waals surface area contributed by atoms with E-state index < -0.39 is 30.2 Å². The van der Waals surface area contributed by atoms with Crippen LogP contribution in [-0.2, 0) is 15.8 Å². The summed E-state index contributed by atoms with van der Waals surface area (Å²) >= 11 is 0. The molecule has 6 nitrogen and oxygen atoms in total. The number of amides is 2. The second kappa shape index (κ2) is 9.63. The van der Waals surface area contributed by atoms with E-state index in [1.165, 1.54) is 12.1 Å². The Morgan fingerprint density at radius 2 is 1.68 bits per heavy atom. The highest BCUT2D eigenvalue weighted by Gasteiger charge is 2.30. The molecule has 0 heterocycles. The molecular formula is C19H19F3N2O4. The van der Waals surface area contributed by atoms with E-state index in [1.54, 1.807) is 24.3 Å². The third kappa shape index (κ3) is 6.82. The summed E-state index contributed by atoms with van der Waals surface area (Å²) in [7, 11) is 0. The minimum absolute atomic E-state index is 0.0937. The van der Waals surface area contributed by atoms with E-state index in [-0.39, 0.29) is 12.3 Å². The molecule has 0 aliphatic rings. The van der Waals surface area contributed by atoms with Crippen molar-refractivity contribution < 1.29 is 32.2 Å². The number of hydrogen-bond acceptors (Lipinski definition) is 4. The van der Waals surface area contributed by atoms with Gasteiger partial charge in [0.1, 0.15) is 11.5 Å². The summed E-state index contributed by atoms with van der Waals surface area (Å²) in [5, 5.41) is 4.92. The fourth-order valence-electron chi connectivity index (χ4n) is 2.15. The van der Waals surface area contributed by atoms with Crippen molar-refractivity contribution in [2.45, 2.75) is 13.1 Å². The van der Waals surface area contributed by atoms with Crippen molar-refractivity contribution >= 4 is 17.5 Å². The SMILES string of the molecule is CCOc1ccc(NC(=O)CNC(=O)COc2cccc(C(F)(F)F)c2)cc1. The Morgan fingerprint density at radius 1 is 0.964 bits per heavy atom. The third-order valence-corrected chi connectivity index (χ3v) is 3.43. The van der Waals surface area contributed by atoms with Gasteiger partial charge in [0.05, 0.1) is 18.7 Å². The highest BCUT2D eigenvalue weighted by atomic mass is 19.4. The first kappa shape index (κ1) is 21.1. The standard InChI is InChI=1S/C19H19F3N2O4/c1-2-27-15-8-6-14(7-9-15)24-17(25)11-23-18(26)12-28-16-5-3-4-13(10-16)19(20,21)22/h3-10H,2,11-12H2,1H3,(H,23,26)(H,24,25). The van der Waals surface area contributed by atoms with Crippen molar-refractivity contribution in [3.05, 3.63) is 54.1 Å². The maximum absolute atomic E-state index is 12.6. The molecule has 0 unspecified atom stereocenters. The number of carbonyl (C=O) groups is 2. The minimum Gasteiger partial charge on any atom is -0.494 e. The van der Waals surface area contributed by atoms with Gasteiger partial charge in [0.25, 0.3) is 5.91 Å². The Kier molecular flexibility index (Phi) is 7.25. The van der Waals surface area contributed by atoms with Crippen LogP contribution in [0.25, 0.3) is 0 Å². The molecule has 0 aliphatic carbocycles. The highest BCUT2D eigenvalue weighted by molar-refractivity contribution is 5.94. The van der Waals surface area contributed by atoms with Gasteiger partial charge in [-0.05, 0) is 49.4 Å². The average molecular weight is 396 g/mol. The van der Waals surface area contributed by atoms with Crippen molar-refractivity contribution in [2.75, 3.05) is 25.1 Å². The zero-order chi connectivity index (χ0) is 20.6. The van der Waals surface area contributed by atoms with Crippen LogP contribution in [0.5, 0.6) is 11.5 Å². The fourth-order valence-corrected chi connectivity index (χ4v) is 2.15. The summed E-state index contributed by atoms with van der Waals surface area (Å²) in [5.74, 6) is -0.528. The molecule has 2 N–H and O–H groups in total. The molecular weight excluding hydrogens is 377 g/mol. The molecule has 2 rings (SSSR count). The van der Waals surface area contributed by atoms with Crippen LogP contribution in [0, 0.1) is 0 Å². The molecule has 0 atom stereocenters. The monoisotopic (exact) mass is 396 g/mol. The number of carbonyl (C=O) groups excluding carboxylic acids is 2. The minimum atomic E-state index is -4.50. The van der Waals surface area contributed by atoms with Gasteiger partial charge in [-0.15, -0.1) is 0 Å². The van der Waals surface area contributed by atoms with E-state index in [4.69, 9.17) is 9.47 Å². The Morgan fingerprint density at radius 3 is 2.32 bits per heavy atom. The van der Waals surface area contributed by atoms with Gasteiger partial charge in [0.2, 0.25) is 5.91 Å². The molecule has 2 amide bonds. The molecule has 0 radical (unpaired) electrons. The quantitative estimate of drug-likeness (QED) is 0.718. The summed E-state index contributed by atoms with van der Waals surface area (Å²) < 4.78 is 48.2. The number of nitrogens with one attached hydrogen (secondary N) is 2. The van der Waals surface area contributed by atoms with Gasteiger partial charge in [0.15, 0.2) is 6.61 Å². The lowest BCUT2D eigenvalue weighted by Crippen LogP contribution is -2.35. The van der Waals surface area contributed by atoms with Crippen LogP contribution >= 0.6 is 0 Å². The van der Waals surface area contributed by atoms with Crippen LogP contribution < -0.4 is 20.1 Å². The first-order valence-corrected chi connectivity index (χ1v) is 8.37. The van der Waals surface area contributed by atoms with E-state index in [9.17, 15) is 22.8 Å². The average Bonchev–Trinajstić information content (AvgIpc) is 2.66. The number of rotatable bonds is 8. The Balaban J connectivity index is 1.75. The first-order chi connectivity index (χ1) is 13.3. The van der Waals surface area contributed by atoms with Gasteiger partial charge in [-0.2, -0.15) is 13.2 Å².